The van der Waals surface area contributed by atoms with Gasteiger partial charge in [0.1, 0.15) is 10.9 Å². The van der Waals surface area contributed by atoms with Crippen LogP contribution in [0.3, 0.4) is 0 Å². The van der Waals surface area contributed by atoms with E-state index >= 15 is 0 Å². The number of carbonyl (C=O) groups excluding carboxylic acids is 1. The molecule has 1 saturated heterocycles. The molecule has 1 aliphatic heterocycles. The number of thiophene rings is 1. The van der Waals surface area contributed by atoms with Gasteiger partial charge in [-0.05, 0) is 31.4 Å². The number of hydrogen-bond donors (Lipinski definition) is 2. The van der Waals surface area contributed by atoms with Gasteiger partial charge in [0.05, 0.1) is 12.3 Å². The third-order valence-electron chi connectivity index (χ3n) is 3.64. The minimum Gasteiger partial charge on any atom is -0.477 e. The first kappa shape index (κ1) is 17.9. The summed E-state index contributed by atoms with van der Waals surface area (Å²) in [7, 11) is -3.40. The molecule has 0 radical (unpaired) electrons. The number of rotatable bonds is 7. The van der Waals surface area contributed by atoms with Gasteiger partial charge in [-0.3, -0.25) is 4.79 Å². The Morgan fingerprint density at radius 1 is 1.43 bits per heavy atom. The van der Waals surface area contributed by atoms with Crippen LogP contribution in [0.15, 0.2) is 12.1 Å². The molecular formula is C14H20N2O5S2. The molecule has 0 aliphatic carbocycles. The van der Waals surface area contributed by atoms with Gasteiger partial charge in [-0.2, -0.15) is 4.31 Å². The standard InChI is InChI=1S/C14H20N2O5S2/c1-2-8-23(20,21)16-7-3-4-11(16)13(17)15-9-10-5-6-12(22-10)14(18)19/h5-6,11H,2-4,7-9H2,1H3,(H,15,17)(H,18,19). The summed E-state index contributed by atoms with van der Waals surface area (Å²) in [5.41, 5.74) is 0. The lowest BCUT2D eigenvalue weighted by Gasteiger charge is -2.23. The van der Waals surface area contributed by atoms with E-state index in [2.05, 4.69) is 5.32 Å². The van der Waals surface area contributed by atoms with Crippen LogP contribution in [0.4, 0.5) is 0 Å². The molecule has 2 N–H and O–H groups in total. The molecule has 1 aliphatic rings. The van der Waals surface area contributed by atoms with E-state index in [9.17, 15) is 18.0 Å². The van der Waals surface area contributed by atoms with E-state index in [1.54, 1.807) is 13.0 Å². The van der Waals surface area contributed by atoms with E-state index in [-0.39, 0.29) is 23.1 Å². The quantitative estimate of drug-likeness (QED) is 0.762. The first-order chi connectivity index (χ1) is 10.8. The predicted octanol–water partition coefficient (Wildman–Crippen LogP) is 1.27. The Morgan fingerprint density at radius 2 is 2.17 bits per heavy atom. The highest BCUT2D eigenvalue weighted by Crippen LogP contribution is 2.22. The van der Waals surface area contributed by atoms with E-state index in [0.29, 0.717) is 25.8 Å². The number of carbonyl (C=O) groups is 2. The maximum Gasteiger partial charge on any atom is 0.345 e. The minimum atomic E-state index is -3.40. The van der Waals surface area contributed by atoms with Gasteiger partial charge >= 0.3 is 5.97 Å². The van der Waals surface area contributed by atoms with Crippen LogP contribution in [-0.2, 0) is 21.4 Å². The molecule has 7 nitrogen and oxygen atoms in total. The van der Waals surface area contributed by atoms with Gasteiger partial charge in [0, 0.05) is 11.4 Å². The molecule has 23 heavy (non-hydrogen) atoms. The summed E-state index contributed by atoms with van der Waals surface area (Å²) < 4.78 is 25.7. The van der Waals surface area contributed by atoms with Gasteiger partial charge in [0.15, 0.2) is 0 Å². The van der Waals surface area contributed by atoms with Crippen molar-refractivity contribution in [1.29, 1.82) is 0 Å². The van der Waals surface area contributed by atoms with E-state index in [1.807, 2.05) is 0 Å². The first-order valence-corrected chi connectivity index (χ1v) is 9.87. The number of nitrogens with zero attached hydrogens (tertiary/aromatic N) is 1. The lowest BCUT2D eigenvalue weighted by Crippen LogP contribution is -2.46. The molecule has 0 saturated carbocycles. The molecule has 2 rings (SSSR count). The van der Waals surface area contributed by atoms with Gasteiger partial charge in [0.2, 0.25) is 15.9 Å². The Morgan fingerprint density at radius 3 is 2.78 bits per heavy atom. The normalized spacial score (nSPS) is 18.9. The summed E-state index contributed by atoms with van der Waals surface area (Å²) in [6.45, 7) is 2.37. The van der Waals surface area contributed by atoms with Gasteiger partial charge in [-0.25, -0.2) is 13.2 Å². The van der Waals surface area contributed by atoms with E-state index in [4.69, 9.17) is 5.11 Å². The molecule has 9 heteroatoms. The fraction of sp³-hybridized carbons (Fsp3) is 0.571. The van der Waals surface area contributed by atoms with Crippen molar-refractivity contribution in [3.8, 4) is 0 Å². The van der Waals surface area contributed by atoms with Crippen LogP contribution in [0.2, 0.25) is 0 Å². The zero-order valence-electron chi connectivity index (χ0n) is 12.8. The molecular weight excluding hydrogens is 340 g/mol. The van der Waals surface area contributed by atoms with Crippen LogP contribution in [-0.4, -0.2) is 48.0 Å². The van der Waals surface area contributed by atoms with Gasteiger partial charge in [0.25, 0.3) is 0 Å². The summed E-state index contributed by atoms with van der Waals surface area (Å²) in [4.78, 5) is 24.0. The average Bonchev–Trinajstić information content (AvgIpc) is 3.14. The van der Waals surface area contributed by atoms with Crippen molar-refractivity contribution >= 4 is 33.2 Å². The third-order valence-corrected chi connectivity index (χ3v) is 6.78. The fourth-order valence-electron chi connectivity index (χ4n) is 2.59. The highest BCUT2D eigenvalue weighted by Gasteiger charge is 2.37. The fourth-order valence-corrected chi connectivity index (χ4v) is 5.12. The number of nitrogens with one attached hydrogen (secondary N) is 1. The zero-order chi connectivity index (χ0) is 17.0. The Bertz CT molecular complexity index is 683. The first-order valence-electron chi connectivity index (χ1n) is 7.44. The zero-order valence-corrected chi connectivity index (χ0v) is 14.5. The molecule has 1 fully saturated rings. The molecule has 1 unspecified atom stereocenters. The van der Waals surface area contributed by atoms with Crippen LogP contribution in [0.25, 0.3) is 0 Å². The smallest absolute Gasteiger partial charge is 0.345 e. The van der Waals surface area contributed by atoms with Crippen molar-refractivity contribution in [2.24, 2.45) is 0 Å². The number of carboxylic acid groups (broad SMARTS) is 1. The second-order valence-corrected chi connectivity index (χ2v) is 8.58. The van der Waals surface area contributed by atoms with Crippen molar-refractivity contribution in [2.75, 3.05) is 12.3 Å². The van der Waals surface area contributed by atoms with Crippen LogP contribution < -0.4 is 5.32 Å². The second kappa shape index (κ2) is 7.41. The number of sulfonamides is 1. The van der Waals surface area contributed by atoms with Crippen molar-refractivity contribution in [2.45, 2.75) is 38.8 Å². The topological polar surface area (TPSA) is 104 Å². The molecule has 1 aromatic rings. The van der Waals surface area contributed by atoms with E-state index < -0.39 is 22.0 Å². The number of aromatic carboxylic acids is 1. The van der Waals surface area contributed by atoms with Gasteiger partial charge in [-0.15, -0.1) is 11.3 Å². The molecule has 1 amide bonds. The number of carboxylic acids is 1. The van der Waals surface area contributed by atoms with Crippen LogP contribution in [0, 0.1) is 0 Å². The second-order valence-electron chi connectivity index (χ2n) is 5.37. The molecule has 128 valence electrons. The lowest BCUT2D eigenvalue weighted by atomic mass is 10.2. The highest BCUT2D eigenvalue weighted by molar-refractivity contribution is 7.89. The van der Waals surface area contributed by atoms with Crippen LogP contribution >= 0.6 is 11.3 Å². The van der Waals surface area contributed by atoms with Crippen LogP contribution in [0.5, 0.6) is 0 Å². The highest BCUT2D eigenvalue weighted by atomic mass is 32.2. The minimum absolute atomic E-state index is 0.0453. The summed E-state index contributed by atoms with van der Waals surface area (Å²) >= 11 is 1.09. The molecule has 2 heterocycles. The molecule has 1 atom stereocenters. The van der Waals surface area contributed by atoms with Crippen LogP contribution in [0.1, 0.15) is 40.7 Å². The summed E-state index contributed by atoms with van der Waals surface area (Å²) in [5, 5.41) is 11.6. The molecule has 0 spiro atoms. The third kappa shape index (κ3) is 4.30. The lowest BCUT2D eigenvalue weighted by molar-refractivity contribution is -0.124. The molecule has 1 aromatic heterocycles. The van der Waals surface area contributed by atoms with Crippen molar-refractivity contribution in [1.82, 2.24) is 9.62 Å². The Hall–Kier alpha value is -1.45. The average molecular weight is 360 g/mol. The summed E-state index contributed by atoms with van der Waals surface area (Å²) in [5.74, 6) is -1.28. The Balaban J connectivity index is 1.97. The van der Waals surface area contributed by atoms with Crippen molar-refractivity contribution < 1.29 is 23.1 Å². The summed E-state index contributed by atoms with van der Waals surface area (Å²) in [6.07, 6.45) is 1.70. The van der Waals surface area contributed by atoms with Crippen molar-refractivity contribution in [3.63, 3.8) is 0 Å². The SMILES string of the molecule is CCCS(=O)(=O)N1CCCC1C(=O)NCc1ccc(C(=O)O)s1. The molecule has 0 aromatic carbocycles. The maximum atomic E-state index is 12.3. The maximum absolute atomic E-state index is 12.3. The van der Waals surface area contributed by atoms with Crippen molar-refractivity contribution in [3.05, 3.63) is 21.9 Å². The molecule has 0 bridgehead atoms. The Labute approximate surface area is 139 Å². The van der Waals surface area contributed by atoms with Gasteiger partial charge in [-0.1, -0.05) is 6.92 Å². The Kier molecular flexibility index (Phi) is 5.77. The van der Waals surface area contributed by atoms with E-state index in [1.165, 1.54) is 10.4 Å². The summed E-state index contributed by atoms with van der Waals surface area (Å²) in [6, 6.07) is 2.47. The number of hydrogen-bond acceptors (Lipinski definition) is 5. The van der Waals surface area contributed by atoms with E-state index in [0.717, 1.165) is 16.2 Å². The predicted molar refractivity (Wildman–Crippen MR) is 86.9 cm³/mol. The largest absolute Gasteiger partial charge is 0.477 e. The van der Waals surface area contributed by atoms with Gasteiger partial charge < -0.3 is 10.4 Å². The monoisotopic (exact) mass is 360 g/mol. The number of amides is 1.